The summed E-state index contributed by atoms with van der Waals surface area (Å²) in [5.74, 6) is -0.0998. The Morgan fingerprint density at radius 1 is 1.35 bits per heavy atom. The van der Waals surface area contributed by atoms with Gasteiger partial charge in [0.05, 0.1) is 23.8 Å². The zero-order valence-electron chi connectivity index (χ0n) is 13.4. The average Bonchev–Trinajstić information content (AvgIpc) is 3.18. The van der Waals surface area contributed by atoms with Crippen LogP contribution in [0.5, 0.6) is 0 Å². The number of benzene rings is 1. The fourth-order valence-electron chi connectivity index (χ4n) is 3.35. The SMILES string of the molecule is CC(NC(=O)CC1(O)CCCC1)c1ccccc1-n1cccn1. The number of hydrogen-bond acceptors (Lipinski definition) is 3. The van der Waals surface area contributed by atoms with E-state index in [-0.39, 0.29) is 18.4 Å². The first kappa shape index (κ1) is 15.7. The van der Waals surface area contributed by atoms with Gasteiger partial charge in [-0.2, -0.15) is 5.10 Å². The molecular weight excluding hydrogens is 290 g/mol. The van der Waals surface area contributed by atoms with Crippen molar-refractivity contribution in [2.24, 2.45) is 0 Å². The molecule has 0 radical (unpaired) electrons. The van der Waals surface area contributed by atoms with E-state index in [1.165, 1.54) is 0 Å². The molecule has 1 aromatic heterocycles. The summed E-state index contributed by atoms with van der Waals surface area (Å²) in [5.41, 5.74) is 1.14. The van der Waals surface area contributed by atoms with E-state index in [4.69, 9.17) is 0 Å². The van der Waals surface area contributed by atoms with Crippen LogP contribution in [-0.2, 0) is 4.79 Å². The lowest BCUT2D eigenvalue weighted by atomic mass is 9.97. The predicted octanol–water partition coefficient (Wildman–Crippen LogP) is 2.74. The van der Waals surface area contributed by atoms with Crippen molar-refractivity contribution >= 4 is 5.91 Å². The smallest absolute Gasteiger partial charge is 0.223 e. The fraction of sp³-hybridized carbons (Fsp3) is 0.444. The molecule has 5 nitrogen and oxygen atoms in total. The Bertz CT molecular complexity index is 661. The lowest BCUT2D eigenvalue weighted by molar-refractivity contribution is -0.126. The van der Waals surface area contributed by atoms with Crippen LogP contribution in [0.4, 0.5) is 0 Å². The molecule has 1 heterocycles. The number of aliphatic hydroxyl groups is 1. The first-order valence-corrected chi connectivity index (χ1v) is 8.18. The molecule has 1 aromatic carbocycles. The predicted molar refractivity (Wildman–Crippen MR) is 88.2 cm³/mol. The van der Waals surface area contributed by atoms with Gasteiger partial charge in [0.25, 0.3) is 0 Å². The highest BCUT2D eigenvalue weighted by Crippen LogP contribution is 2.32. The van der Waals surface area contributed by atoms with Gasteiger partial charge in [-0.15, -0.1) is 0 Å². The number of nitrogens with zero attached hydrogens (tertiary/aromatic N) is 2. The highest BCUT2D eigenvalue weighted by molar-refractivity contribution is 5.77. The topological polar surface area (TPSA) is 67.2 Å². The van der Waals surface area contributed by atoms with Crippen LogP contribution in [0.3, 0.4) is 0 Å². The highest BCUT2D eigenvalue weighted by atomic mass is 16.3. The summed E-state index contributed by atoms with van der Waals surface area (Å²) in [6.45, 7) is 1.96. The molecule has 1 aliphatic carbocycles. The van der Waals surface area contributed by atoms with Gasteiger partial charge in [-0.1, -0.05) is 31.0 Å². The van der Waals surface area contributed by atoms with Crippen molar-refractivity contribution in [3.63, 3.8) is 0 Å². The lowest BCUT2D eigenvalue weighted by Gasteiger charge is -2.23. The van der Waals surface area contributed by atoms with E-state index in [1.807, 2.05) is 43.5 Å². The van der Waals surface area contributed by atoms with Crippen molar-refractivity contribution < 1.29 is 9.90 Å². The van der Waals surface area contributed by atoms with Gasteiger partial charge in [0.1, 0.15) is 0 Å². The molecule has 1 aliphatic rings. The largest absolute Gasteiger partial charge is 0.389 e. The quantitative estimate of drug-likeness (QED) is 0.892. The maximum Gasteiger partial charge on any atom is 0.223 e. The molecule has 0 bridgehead atoms. The van der Waals surface area contributed by atoms with Gasteiger partial charge >= 0.3 is 0 Å². The van der Waals surface area contributed by atoms with Crippen molar-refractivity contribution in [2.75, 3.05) is 0 Å². The van der Waals surface area contributed by atoms with Crippen LogP contribution in [0, 0.1) is 0 Å². The van der Waals surface area contributed by atoms with Gasteiger partial charge in [0.2, 0.25) is 5.91 Å². The van der Waals surface area contributed by atoms with Gasteiger partial charge in [0, 0.05) is 12.4 Å². The Labute approximate surface area is 136 Å². The van der Waals surface area contributed by atoms with E-state index in [0.717, 1.165) is 36.9 Å². The number of aromatic nitrogens is 2. The average molecular weight is 313 g/mol. The first-order chi connectivity index (χ1) is 11.1. The monoisotopic (exact) mass is 313 g/mol. The van der Waals surface area contributed by atoms with Crippen molar-refractivity contribution in [1.82, 2.24) is 15.1 Å². The Hall–Kier alpha value is -2.14. The molecule has 2 aromatic rings. The molecule has 0 saturated heterocycles. The van der Waals surface area contributed by atoms with E-state index >= 15 is 0 Å². The zero-order chi connectivity index (χ0) is 16.3. The fourth-order valence-corrected chi connectivity index (χ4v) is 3.35. The van der Waals surface area contributed by atoms with Crippen molar-refractivity contribution in [1.29, 1.82) is 0 Å². The number of para-hydroxylation sites is 1. The van der Waals surface area contributed by atoms with Gasteiger partial charge in [-0.3, -0.25) is 4.79 Å². The minimum absolute atomic E-state index is 0.0998. The molecule has 0 aliphatic heterocycles. The normalized spacial score (nSPS) is 17.8. The maximum absolute atomic E-state index is 12.3. The Morgan fingerprint density at radius 2 is 2.09 bits per heavy atom. The second-order valence-corrected chi connectivity index (χ2v) is 6.41. The Morgan fingerprint density at radius 3 is 2.78 bits per heavy atom. The Balaban J connectivity index is 1.71. The second kappa shape index (κ2) is 6.54. The third-order valence-electron chi connectivity index (χ3n) is 4.56. The number of carbonyl (C=O) groups is 1. The molecule has 1 saturated carbocycles. The van der Waals surface area contributed by atoms with Gasteiger partial charge in [-0.05, 0) is 37.5 Å². The summed E-state index contributed by atoms with van der Waals surface area (Å²) >= 11 is 0. The third-order valence-corrected chi connectivity index (χ3v) is 4.56. The molecular formula is C18H23N3O2. The van der Waals surface area contributed by atoms with E-state index in [9.17, 15) is 9.90 Å². The van der Waals surface area contributed by atoms with Crippen molar-refractivity contribution in [3.05, 3.63) is 48.3 Å². The first-order valence-electron chi connectivity index (χ1n) is 8.18. The molecule has 1 amide bonds. The van der Waals surface area contributed by atoms with Gasteiger partial charge in [-0.25, -0.2) is 4.68 Å². The second-order valence-electron chi connectivity index (χ2n) is 6.41. The molecule has 23 heavy (non-hydrogen) atoms. The van der Waals surface area contributed by atoms with E-state index in [0.29, 0.717) is 0 Å². The van der Waals surface area contributed by atoms with Crippen LogP contribution in [-0.4, -0.2) is 26.4 Å². The van der Waals surface area contributed by atoms with Crippen molar-refractivity contribution in [3.8, 4) is 5.69 Å². The standard InChI is InChI=1S/C18H23N3O2/c1-14(20-17(22)13-18(23)9-4-5-10-18)15-7-2-3-8-16(15)21-12-6-11-19-21/h2-3,6-8,11-12,14,23H,4-5,9-10,13H2,1H3,(H,20,22). The minimum atomic E-state index is -0.814. The Kier molecular flexibility index (Phi) is 4.48. The zero-order valence-corrected chi connectivity index (χ0v) is 13.4. The number of amides is 1. The molecule has 1 fully saturated rings. The summed E-state index contributed by atoms with van der Waals surface area (Å²) in [5, 5.41) is 17.7. The summed E-state index contributed by atoms with van der Waals surface area (Å²) in [6, 6.07) is 9.61. The number of carbonyl (C=O) groups excluding carboxylic acids is 1. The number of nitrogens with one attached hydrogen (secondary N) is 1. The number of hydrogen-bond donors (Lipinski definition) is 2. The molecule has 0 spiro atoms. The highest BCUT2D eigenvalue weighted by Gasteiger charge is 2.33. The van der Waals surface area contributed by atoms with Crippen LogP contribution in [0.15, 0.2) is 42.7 Å². The van der Waals surface area contributed by atoms with Crippen molar-refractivity contribution in [2.45, 2.75) is 50.7 Å². The van der Waals surface area contributed by atoms with Crippen LogP contribution in [0.2, 0.25) is 0 Å². The van der Waals surface area contributed by atoms with Crippen LogP contribution in [0.1, 0.15) is 50.6 Å². The van der Waals surface area contributed by atoms with E-state index in [2.05, 4.69) is 10.4 Å². The molecule has 2 N–H and O–H groups in total. The molecule has 1 unspecified atom stereocenters. The molecule has 5 heteroatoms. The van der Waals surface area contributed by atoms with Crippen LogP contribution in [0.25, 0.3) is 5.69 Å². The van der Waals surface area contributed by atoms with E-state index < -0.39 is 5.60 Å². The summed E-state index contributed by atoms with van der Waals surface area (Å²) in [7, 11) is 0. The van der Waals surface area contributed by atoms with Gasteiger partial charge in [0.15, 0.2) is 0 Å². The summed E-state index contributed by atoms with van der Waals surface area (Å²) < 4.78 is 1.79. The van der Waals surface area contributed by atoms with Crippen LogP contribution >= 0.6 is 0 Å². The minimum Gasteiger partial charge on any atom is -0.389 e. The molecule has 122 valence electrons. The number of rotatable bonds is 5. The van der Waals surface area contributed by atoms with E-state index in [1.54, 1.807) is 10.9 Å². The lowest BCUT2D eigenvalue weighted by Crippen LogP contribution is -2.36. The summed E-state index contributed by atoms with van der Waals surface area (Å²) in [4.78, 5) is 12.3. The summed E-state index contributed by atoms with van der Waals surface area (Å²) in [6.07, 6.45) is 7.24. The third kappa shape index (κ3) is 3.62. The molecule has 3 rings (SSSR count). The van der Waals surface area contributed by atoms with Gasteiger partial charge < -0.3 is 10.4 Å². The maximum atomic E-state index is 12.3. The van der Waals surface area contributed by atoms with Crippen LogP contribution < -0.4 is 5.32 Å². The molecule has 1 atom stereocenters.